The van der Waals surface area contributed by atoms with Crippen LogP contribution in [0.3, 0.4) is 0 Å². The molecule has 3 heteroatoms. The fourth-order valence-electron chi connectivity index (χ4n) is 1.50. The first-order valence-corrected chi connectivity index (χ1v) is 8.27. The first kappa shape index (κ1) is 15.5. The molecule has 0 nitrogen and oxygen atoms in total. The van der Waals surface area contributed by atoms with E-state index in [0.717, 1.165) is 6.42 Å². The Morgan fingerprint density at radius 3 is 2.59 bits per heavy atom. The Balaban J connectivity index is 2.86. The standard InChI is InChI=1S/C14H15ClI2/c1-10-5-3-4-6-13(10)8-12(9-16)7-11(2)14(15)17/h3-7,9,14H,8H2,1-2H3/b11-7-,12-9+. The van der Waals surface area contributed by atoms with Gasteiger partial charge < -0.3 is 0 Å². The number of allylic oxidation sites excluding steroid dienone is 3. The number of halogens is 3. The van der Waals surface area contributed by atoms with E-state index in [0.29, 0.717) is 0 Å². The van der Waals surface area contributed by atoms with E-state index in [1.807, 2.05) is 0 Å². The van der Waals surface area contributed by atoms with Gasteiger partial charge in [-0.3, -0.25) is 0 Å². The lowest BCUT2D eigenvalue weighted by Gasteiger charge is -2.08. The summed E-state index contributed by atoms with van der Waals surface area (Å²) in [7, 11) is 0. The molecular formula is C14H15ClI2. The summed E-state index contributed by atoms with van der Waals surface area (Å²) in [5.74, 6) is 0. The molecule has 1 unspecified atom stereocenters. The van der Waals surface area contributed by atoms with Crippen molar-refractivity contribution in [3.8, 4) is 0 Å². The zero-order chi connectivity index (χ0) is 12.8. The van der Waals surface area contributed by atoms with Crippen LogP contribution in [0.15, 0.2) is 45.6 Å². The predicted octanol–water partition coefficient (Wildman–Crippen LogP) is 5.80. The quantitative estimate of drug-likeness (QED) is 0.295. The van der Waals surface area contributed by atoms with E-state index in [9.17, 15) is 0 Å². The van der Waals surface area contributed by atoms with Crippen molar-refractivity contribution in [3.05, 3.63) is 56.7 Å². The molecule has 0 saturated heterocycles. The van der Waals surface area contributed by atoms with Crippen molar-refractivity contribution in [2.45, 2.75) is 23.7 Å². The van der Waals surface area contributed by atoms with Gasteiger partial charge in [-0.05, 0) is 46.6 Å². The molecule has 1 rings (SSSR count). The van der Waals surface area contributed by atoms with Crippen LogP contribution in [-0.4, -0.2) is 3.38 Å². The molecule has 1 aromatic rings. The Labute approximate surface area is 136 Å². The summed E-state index contributed by atoms with van der Waals surface area (Å²) >= 11 is 10.6. The number of rotatable bonds is 4. The molecular weight excluding hydrogens is 457 g/mol. The highest BCUT2D eigenvalue weighted by molar-refractivity contribution is 14.1. The molecule has 0 aromatic heterocycles. The van der Waals surface area contributed by atoms with Crippen LogP contribution < -0.4 is 0 Å². The highest BCUT2D eigenvalue weighted by Crippen LogP contribution is 2.21. The van der Waals surface area contributed by atoms with Crippen molar-refractivity contribution in [3.63, 3.8) is 0 Å². The molecule has 0 aliphatic rings. The average molecular weight is 473 g/mol. The molecule has 0 spiro atoms. The third-order valence-corrected chi connectivity index (χ3v) is 4.68. The van der Waals surface area contributed by atoms with E-state index < -0.39 is 0 Å². The number of hydrogen-bond acceptors (Lipinski definition) is 0. The Kier molecular flexibility index (Phi) is 7.11. The minimum Gasteiger partial charge on any atom is -0.107 e. The second-order valence-electron chi connectivity index (χ2n) is 3.98. The first-order valence-electron chi connectivity index (χ1n) is 5.34. The molecule has 0 N–H and O–H groups in total. The molecule has 0 radical (unpaired) electrons. The molecule has 17 heavy (non-hydrogen) atoms. The van der Waals surface area contributed by atoms with Crippen LogP contribution in [-0.2, 0) is 6.42 Å². The van der Waals surface area contributed by atoms with Gasteiger partial charge in [0.1, 0.15) is 3.38 Å². The van der Waals surface area contributed by atoms with Gasteiger partial charge in [-0.1, -0.05) is 75.5 Å². The van der Waals surface area contributed by atoms with Crippen LogP contribution in [0.2, 0.25) is 0 Å². The largest absolute Gasteiger partial charge is 0.107 e. The van der Waals surface area contributed by atoms with Gasteiger partial charge in [0.05, 0.1) is 0 Å². The minimum absolute atomic E-state index is 0.0656. The maximum Gasteiger partial charge on any atom is 0.106 e. The molecule has 1 atom stereocenters. The number of alkyl halides is 2. The minimum atomic E-state index is 0.0656. The van der Waals surface area contributed by atoms with Crippen LogP contribution in [0, 0.1) is 6.92 Å². The van der Waals surface area contributed by atoms with Gasteiger partial charge in [0, 0.05) is 0 Å². The lowest BCUT2D eigenvalue weighted by molar-refractivity contribution is 1.15. The topological polar surface area (TPSA) is 0 Å². The maximum absolute atomic E-state index is 6.05. The van der Waals surface area contributed by atoms with Crippen molar-refractivity contribution >= 4 is 56.8 Å². The van der Waals surface area contributed by atoms with Crippen molar-refractivity contribution < 1.29 is 0 Å². The van der Waals surface area contributed by atoms with E-state index >= 15 is 0 Å². The highest BCUT2D eigenvalue weighted by atomic mass is 127. The zero-order valence-corrected chi connectivity index (χ0v) is 15.0. The van der Waals surface area contributed by atoms with Gasteiger partial charge in [-0.2, -0.15) is 0 Å². The van der Waals surface area contributed by atoms with Crippen molar-refractivity contribution in [2.24, 2.45) is 0 Å². The lowest BCUT2D eigenvalue weighted by atomic mass is 10.0. The van der Waals surface area contributed by atoms with Gasteiger partial charge in [0.2, 0.25) is 0 Å². The third-order valence-electron chi connectivity index (χ3n) is 2.55. The molecule has 0 bridgehead atoms. The summed E-state index contributed by atoms with van der Waals surface area (Å²) < 4.78 is 2.19. The van der Waals surface area contributed by atoms with Crippen LogP contribution >= 0.6 is 56.8 Å². The molecule has 92 valence electrons. The summed E-state index contributed by atoms with van der Waals surface area (Å²) in [4.78, 5) is 0. The zero-order valence-electron chi connectivity index (χ0n) is 9.88. The third kappa shape index (κ3) is 5.30. The first-order chi connectivity index (χ1) is 8.04. The van der Waals surface area contributed by atoms with E-state index in [-0.39, 0.29) is 3.38 Å². The smallest absolute Gasteiger partial charge is 0.106 e. The number of aryl methyl sites for hydroxylation is 1. The lowest BCUT2D eigenvalue weighted by Crippen LogP contribution is -1.94. The Hall–Kier alpha value is 0.450. The van der Waals surface area contributed by atoms with E-state index in [1.54, 1.807) is 0 Å². The summed E-state index contributed by atoms with van der Waals surface area (Å²) in [6.07, 6.45) is 3.15. The molecule has 1 aromatic carbocycles. The fraction of sp³-hybridized carbons (Fsp3) is 0.286. The van der Waals surface area contributed by atoms with Crippen LogP contribution in [0.1, 0.15) is 18.1 Å². The van der Waals surface area contributed by atoms with Crippen molar-refractivity contribution in [1.29, 1.82) is 0 Å². The summed E-state index contributed by atoms with van der Waals surface area (Å²) in [5.41, 5.74) is 5.22. The number of benzene rings is 1. The average Bonchev–Trinajstić information content (AvgIpc) is 2.30. The van der Waals surface area contributed by atoms with Crippen LogP contribution in [0.25, 0.3) is 0 Å². The predicted molar refractivity (Wildman–Crippen MR) is 94.4 cm³/mol. The molecule has 0 aliphatic heterocycles. The van der Waals surface area contributed by atoms with Gasteiger partial charge in [-0.25, -0.2) is 0 Å². The molecule has 0 aliphatic carbocycles. The van der Waals surface area contributed by atoms with Gasteiger partial charge in [0.15, 0.2) is 0 Å². The normalized spacial score (nSPS) is 14.9. The molecule has 0 saturated carbocycles. The molecule has 0 fully saturated rings. The fourth-order valence-corrected chi connectivity index (χ4v) is 2.15. The van der Waals surface area contributed by atoms with Gasteiger partial charge in [-0.15, -0.1) is 11.6 Å². The summed E-state index contributed by atoms with van der Waals surface area (Å²) in [6, 6.07) is 8.50. The maximum atomic E-state index is 6.05. The Morgan fingerprint density at radius 1 is 1.41 bits per heavy atom. The summed E-state index contributed by atoms with van der Waals surface area (Å²) in [6.45, 7) is 4.22. The molecule has 0 heterocycles. The Morgan fingerprint density at radius 2 is 2.06 bits per heavy atom. The van der Waals surface area contributed by atoms with Gasteiger partial charge in [0.25, 0.3) is 0 Å². The van der Waals surface area contributed by atoms with E-state index in [2.05, 4.69) is 93.5 Å². The Bertz CT molecular complexity index is 434. The van der Waals surface area contributed by atoms with Crippen LogP contribution in [0.4, 0.5) is 0 Å². The van der Waals surface area contributed by atoms with Crippen LogP contribution in [0.5, 0.6) is 0 Å². The van der Waals surface area contributed by atoms with E-state index in [1.165, 1.54) is 22.3 Å². The second-order valence-corrected chi connectivity index (χ2v) is 7.02. The van der Waals surface area contributed by atoms with Crippen molar-refractivity contribution in [2.75, 3.05) is 0 Å². The molecule has 0 amide bonds. The van der Waals surface area contributed by atoms with E-state index in [4.69, 9.17) is 11.6 Å². The number of hydrogen-bond donors (Lipinski definition) is 0. The SMILES string of the molecule is C/C(=C/C(=C\I)Cc1ccccc1C)C(Cl)I. The van der Waals surface area contributed by atoms with Crippen molar-refractivity contribution in [1.82, 2.24) is 0 Å². The highest BCUT2D eigenvalue weighted by Gasteiger charge is 2.04. The summed E-state index contributed by atoms with van der Waals surface area (Å²) in [5, 5.41) is 0. The monoisotopic (exact) mass is 472 g/mol. The second kappa shape index (κ2) is 7.79. The van der Waals surface area contributed by atoms with Gasteiger partial charge >= 0.3 is 0 Å².